The van der Waals surface area contributed by atoms with Crippen molar-refractivity contribution < 1.29 is 4.79 Å². The van der Waals surface area contributed by atoms with Crippen molar-refractivity contribution in [1.82, 2.24) is 25.2 Å². The number of likely N-dealkylation sites (tertiary alicyclic amines) is 1. The maximum Gasteiger partial charge on any atom is 0.317 e. The molecule has 0 unspecified atom stereocenters. The van der Waals surface area contributed by atoms with Crippen LogP contribution in [0.25, 0.3) is 22.2 Å². The number of aromatic nitrogens is 3. The van der Waals surface area contributed by atoms with Crippen molar-refractivity contribution >= 4 is 34.5 Å². The van der Waals surface area contributed by atoms with Gasteiger partial charge in [-0.25, -0.2) is 14.8 Å². The van der Waals surface area contributed by atoms with E-state index < -0.39 is 0 Å². The first kappa shape index (κ1) is 19.5. The third kappa shape index (κ3) is 4.29. The number of nitrogens with one attached hydrogen (secondary N) is 3. The van der Waals surface area contributed by atoms with Gasteiger partial charge in [-0.2, -0.15) is 0 Å². The van der Waals surface area contributed by atoms with Gasteiger partial charge in [-0.3, -0.25) is 0 Å². The Morgan fingerprint density at radius 1 is 1.28 bits per heavy atom. The van der Waals surface area contributed by atoms with Gasteiger partial charge >= 0.3 is 6.03 Å². The average molecular weight is 413 g/mol. The first-order valence-electron chi connectivity index (χ1n) is 9.92. The second-order valence-electron chi connectivity index (χ2n) is 7.65. The molecule has 2 amide bonds. The fourth-order valence-corrected chi connectivity index (χ4v) is 3.83. The minimum Gasteiger partial charge on any atom is -0.360 e. The highest BCUT2D eigenvalue weighted by molar-refractivity contribution is 6.33. The standard InChI is InChI=1S/C21H25ClN6O/c1-13(2)25-21(29)28-9-7-14(8-10-28)26-20-24-12-17(22)19(27-20)16-11-23-18-6-4-3-5-15(16)18/h3-6,11-14,23H,7-10H2,1-2H3,(H,25,29)(H,24,26,27). The summed E-state index contributed by atoms with van der Waals surface area (Å²) in [6, 6.07) is 8.42. The molecule has 8 heteroatoms. The predicted molar refractivity (Wildman–Crippen MR) is 116 cm³/mol. The number of benzene rings is 1. The number of aromatic amines is 1. The van der Waals surface area contributed by atoms with E-state index in [1.165, 1.54) is 0 Å². The van der Waals surface area contributed by atoms with Crippen LogP contribution in [0.5, 0.6) is 0 Å². The molecule has 0 bridgehead atoms. The summed E-state index contributed by atoms with van der Waals surface area (Å²) in [5.74, 6) is 0.555. The summed E-state index contributed by atoms with van der Waals surface area (Å²) in [7, 11) is 0. The van der Waals surface area contributed by atoms with Crippen LogP contribution in [0.1, 0.15) is 26.7 Å². The highest BCUT2D eigenvalue weighted by Crippen LogP contribution is 2.32. The van der Waals surface area contributed by atoms with E-state index >= 15 is 0 Å². The Balaban J connectivity index is 1.46. The number of hydrogen-bond acceptors (Lipinski definition) is 4. The van der Waals surface area contributed by atoms with Crippen LogP contribution in [-0.4, -0.2) is 51.1 Å². The van der Waals surface area contributed by atoms with Crippen molar-refractivity contribution in [2.24, 2.45) is 0 Å². The third-order valence-corrected chi connectivity index (χ3v) is 5.39. The van der Waals surface area contributed by atoms with Gasteiger partial charge in [0.1, 0.15) is 0 Å². The zero-order valence-electron chi connectivity index (χ0n) is 16.6. The Morgan fingerprint density at radius 3 is 2.79 bits per heavy atom. The first-order chi connectivity index (χ1) is 14.0. The SMILES string of the molecule is CC(C)NC(=O)N1CCC(Nc2ncc(Cl)c(-c3c[nH]c4ccccc34)n2)CC1. The Kier molecular flexibility index (Phi) is 5.58. The molecule has 4 rings (SSSR count). The van der Waals surface area contributed by atoms with E-state index in [0.717, 1.165) is 29.3 Å². The number of nitrogens with zero attached hydrogens (tertiary/aromatic N) is 3. The van der Waals surface area contributed by atoms with Crippen molar-refractivity contribution in [2.45, 2.75) is 38.8 Å². The molecule has 2 aromatic heterocycles. The normalized spacial score (nSPS) is 15.1. The molecular weight excluding hydrogens is 388 g/mol. The van der Waals surface area contributed by atoms with Gasteiger partial charge < -0.3 is 20.5 Å². The number of carbonyl (C=O) groups excluding carboxylic acids is 1. The van der Waals surface area contributed by atoms with Crippen molar-refractivity contribution in [3.05, 3.63) is 41.7 Å². The molecule has 3 N–H and O–H groups in total. The van der Waals surface area contributed by atoms with E-state index in [1.54, 1.807) is 6.20 Å². The van der Waals surface area contributed by atoms with E-state index in [4.69, 9.17) is 11.6 Å². The summed E-state index contributed by atoms with van der Waals surface area (Å²) >= 11 is 6.41. The highest BCUT2D eigenvalue weighted by atomic mass is 35.5. The second-order valence-corrected chi connectivity index (χ2v) is 8.06. The molecule has 0 saturated carbocycles. The number of H-pyrrole nitrogens is 1. The molecule has 1 saturated heterocycles. The molecule has 29 heavy (non-hydrogen) atoms. The van der Waals surface area contributed by atoms with E-state index in [0.29, 0.717) is 29.8 Å². The lowest BCUT2D eigenvalue weighted by atomic mass is 10.1. The second kappa shape index (κ2) is 8.29. The van der Waals surface area contributed by atoms with Crippen LogP contribution < -0.4 is 10.6 Å². The summed E-state index contributed by atoms with van der Waals surface area (Å²) < 4.78 is 0. The molecule has 3 heterocycles. The van der Waals surface area contributed by atoms with Gasteiger partial charge in [-0.05, 0) is 32.8 Å². The van der Waals surface area contributed by atoms with Crippen LogP contribution in [0.4, 0.5) is 10.7 Å². The fourth-order valence-electron chi connectivity index (χ4n) is 3.64. The average Bonchev–Trinajstić information content (AvgIpc) is 3.13. The van der Waals surface area contributed by atoms with Gasteiger partial charge in [0.25, 0.3) is 0 Å². The Bertz CT molecular complexity index is 1010. The van der Waals surface area contributed by atoms with E-state index in [9.17, 15) is 4.79 Å². The van der Waals surface area contributed by atoms with Crippen LogP contribution in [0.15, 0.2) is 36.7 Å². The van der Waals surface area contributed by atoms with Crippen molar-refractivity contribution in [1.29, 1.82) is 0 Å². The lowest BCUT2D eigenvalue weighted by molar-refractivity contribution is 0.181. The zero-order valence-corrected chi connectivity index (χ0v) is 17.3. The Hall–Kier alpha value is -2.80. The number of rotatable bonds is 4. The summed E-state index contributed by atoms with van der Waals surface area (Å²) in [4.78, 5) is 26.3. The number of carbonyl (C=O) groups is 1. The van der Waals surface area contributed by atoms with Gasteiger partial charge in [-0.15, -0.1) is 0 Å². The maximum absolute atomic E-state index is 12.1. The third-order valence-electron chi connectivity index (χ3n) is 5.12. The van der Waals surface area contributed by atoms with Crippen LogP contribution >= 0.6 is 11.6 Å². The van der Waals surface area contributed by atoms with Gasteiger partial charge in [0.05, 0.1) is 16.9 Å². The largest absolute Gasteiger partial charge is 0.360 e. The molecule has 1 fully saturated rings. The lowest BCUT2D eigenvalue weighted by Gasteiger charge is -2.33. The van der Waals surface area contributed by atoms with Crippen molar-refractivity contribution in [2.75, 3.05) is 18.4 Å². The molecule has 1 aliphatic rings. The summed E-state index contributed by atoms with van der Waals surface area (Å²) in [5.41, 5.74) is 2.70. The van der Waals surface area contributed by atoms with Crippen LogP contribution in [0.2, 0.25) is 5.02 Å². The fraction of sp³-hybridized carbons (Fsp3) is 0.381. The number of amides is 2. The molecule has 7 nitrogen and oxygen atoms in total. The van der Waals surface area contributed by atoms with E-state index in [1.807, 2.05) is 49.2 Å². The van der Waals surface area contributed by atoms with Gasteiger partial charge in [0.15, 0.2) is 0 Å². The minimum atomic E-state index is 0.00261. The van der Waals surface area contributed by atoms with Crippen LogP contribution in [0, 0.1) is 0 Å². The van der Waals surface area contributed by atoms with Crippen molar-refractivity contribution in [3.8, 4) is 11.3 Å². The monoisotopic (exact) mass is 412 g/mol. The molecule has 152 valence electrons. The first-order valence-corrected chi connectivity index (χ1v) is 10.3. The molecule has 1 aliphatic heterocycles. The van der Waals surface area contributed by atoms with Gasteiger partial charge in [-0.1, -0.05) is 29.8 Å². The Labute approximate surface area is 174 Å². The van der Waals surface area contributed by atoms with E-state index in [2.05, 4.69) is 25.6 Å². The molecule has 0 radical (unpaired) electrons. The molecule has 1 aromatic carbocycles. The number of para-hydroxylation sites is 1. The highest BCUT2D eigenvalue weighted by Gasteiger charge is 2.24. The smallest absolute Gasteiger partial charge is 0.317 e. The number of anilines is 1. The topological polar surface area (TPSA) is 85.9 Å². The summed E-state index contributed by atoms with van der Waals surface area (Å²) in [6.45, 7) is 5.35. The van der Waals surface area contributed by atoms with Crippen LogP contribution in [-0.2, 0) is 0 Å². The maximum atomic E-state index is 12.1. The summed E-state index contributed by atoms with van der Waals surface area (Å²) in [5, 5.41) is 7.94. The minimum absolute atomic E-state index is 0.00261. The summed E-state index contributed by atoms with van der Waals surface area (Å²) in [6.07, 6.45) is 5.26. The number of urea groups is 1. The molecule has 0 aliphatic carbocycles. The number of halogens is 1. The van der Waals surface area contributed by atoms with Gasteiger partial charge in [0, 0.05) is 47.8 Å². The molecular formula is C21H25ClN6O. The zero-order chi connectivity index (χ0) is 20.4. The van der Waals surface area contributed by atoms with E-state index in [-0.39, 0.29) is 18.1 Å². The Morgan fingerprint density at radius 2 is 2.03 bits per heavy atom. The van der Waals surface area contributed by atoms with Gasteiger partial charge in [0.2, 0.25) is 5.95 Å². The molecule has 0 atom stereocenters. The number of fused-ring (bicyclic) bond motifs is 1. The predicted octanol–water partition coefficient (Wildman–Crippen LogP) is 4.27. The van der Waals surface area contributed by atoms with Crippen LogP contribution in [0.3, 0.4) is 0 Å². The number of piperidine rings is 1. The quantitative estimate of drug-likeness (QED) is 0.597. The lowest BCUT2D eigenvalue weighted by Crippen LogP contribution is -2.48. The molecule has 0 spiro atoms. The van der Waals surface area contributed by atoms with Crippen molar-refractivity contribution in [3.63, 3.8) is 0 Å². The molecule has 3 aromatic rings. The number of hydrogen-bond donors (Lipinski definition) is 3.